The predicted molar refractivity (Wildman–Crippen MR) is 80.8 cm³/mol. The molecule has 0 radical (unpaired) electrons. The van der Waals surface area contributed by atoms with Crippen LogP contribution in [0.15, 0.2) is 42.5 Å². The molecule has 2 aromatic rings. The van der Waals surface area contributed by atoms with Crippen molar-refractivity contribution in [3.05, 3.63) is 64.7 Å². The normalized spacial score (nSPS) is 19.0. The van der Waals surface area contributed by atoms with E-state index in [-0.39, 0.29) is 17.6 Å². The lowest BCUT2D eigenvalue weighted by atomic mass is 9.73. The molecule has 104 valence electrons. The molecule has 1 atom stereocenters. The molecule has 4 rings (SSSR count). The van der Waals surface area contributed by atoms with Crippen molar-refractivity contribution < 1.29 is 9.59 Å². The average Bonchev–Trinajstić information content (AvgIpc) is 2.75. The zero-order valence-electron chi connectivity index (χ0n) is 11.8. The number of Topliss-reactive ketones (excluding diaryl/α,β-unsaturated/α-hetero) is 1. The van der Waals surface area contributed by atoms with Crippen LogP contribution in [0, 0.1) is 0 Å². The first-order valence-corrected chi connectivity index (χ1v) is 7.16. The maximum absolute atomic E-state index is 12.7. The molecule has 1 aliphatic carbocycles. The van der Waals surface area contributed by atoms with Gasteiger partial charge in [0.25, 0.3) is 0 Å². The summed E-state index contributed by atoms with van der Waals surface area (Å²) in [6.07, 6.45) is 1.22. The molecule has 1 amide bonds. The first-order valence-electron chi connectivity index (χ1n) is 7.16. The summed E-state index contributed by atoms with van der Waals surface area (Å²) in [4.78, 5) is 26.0. The molecule has 2 aromatic carbocycles. The van der Waals surface area contributed by atoms with E-state index in [1.807, 2.05) is 36.4 Å². The lowest BCUT2D eigenvalue weighted by Crippen LogP contribution is -2.25. The molecular formula is C18H15NO2. The van der Waals surface area contributed by atoms with Gasteiger partial charge in [-0.05, 0) is 41.3 Å². The third kappa shape index (κ3) is 1.74. The van der Waals surface area contributed by atoms with Crippen LogP contribution in [-0.2, 0) is 17.6 Å². The van der Waals surface area contributed by atoms with Gasteiger partial charge in [-0.3, -0.25) is 9.59 Å². The van der Waals surface area contributed by atoms with Crippen LogP contribution in [0.25, 0.3) is 0 Å². The Morgan fingerprint density at radius 3 is 2.76 bits per heavy atom. The van der Waals surface area contributed by atoms with Gasteiger partial charge >= 0.3 is 0 Å². The zero-order valence-corrected chi connectivity index (χ0v) is 11.8. The minimum absolute atomic E-state index is 0.0194. The van der Waals surface area contributed by atoms with Crippen molar-refractivity contribution >= 4 is 17.4 Å². The number of anilines is 1. The van der Waals surface area contributed by atoms with Gasteiger partial charge in [0.15, 0.2) is 5.78 Å². The highest BCUT2D eigenvalue weighted by Crippen LogP contribution is 2.38. The Balaban J connectivity index is 1.66. The summed E-state index contributed by atoms with van der Waals surface area (Å²) in [5, 5.41) is 0. The molecule has 0 spiro atoms. The summed E-state index contributed by atoms with van der Waals surface area (Å²) in [6, 6.07) is 13.7. The molecular weight excluding hydrogens is 262 g/mol. The van der Waals surface area contributed by atoms with E-state index in [1.165, 1.54) is 5.56 Å². The summed E-state index contributed by atoms with van der Waals surface area (Å²) in [5.41, 5.74) is 5.02. The van der Waals surface area contributed by atoms with E-state index in [0.717, 1.165) is 28.8 Å². The second kappa shape index (κ2) is 4.29. The molecule has 3 nitrogen and oxygen atoms in total. The van der Waals surface area contributed by atoms with Crippen LogP contribution in [0.3, 0.4) is 0 Å². The third-order valence-electron chi connectivity index (χ3n) is 4.61. The summed E-state index contributed by atoms with van der Waals surface area (Å²) in [5.74, 6) is 0.233. The second-order valence-electron chi connectivity index (χ2n) is 5.79. The number of benzene rings is 2. The highest BCUT2D eigenvalue weighted by molar-refractivity contribution is 6.06. The molecule has 1 unspecified atom stereocenters. The summed E-state index contributed by atoms with van der Waals surface area (Å²) in [7, 11) is 1.78. The molecule has 0 saturated carbocycles. The van der Waals surface area contributed by atoms with Gasteiger partial charge in [0.2, 0.25) is 5.91 Å². The number of carbonyl (C=O) groups excluding carboxylic acids is 2. The fraction of sp³-hybridized carbons (Fsp3) is 0.222. The van der Waals surface area contributed by atoms with Crippen LogP contribution in [0.5, 0.6) is 0 Å². The number of rotatable bonds is 2. The largest absolute Gasteiger partial charge is 0.315 e. The van der Waals surface area contributed by atoms with Gasteiger partial charge in [-0.2, -0.15) is 0 Å². The van der Waals surface area contributed by atoms with Crippen molar-refractivity contribution in [1.29, 1.82) is 0 Å². The molecule has 0 bridgehead atoms. The number of ketones is 1. The Bertz CT molecular complexity index is 779. The van der Waals surface area contributed by atoms with E-state index < -0.39 is 0 Å². The van der Waals surface area contributed by atoms with E-state index in [1.54, 1.807) is 11.9 Å². The number of fused-ring (bicyclic) bond motifs is 2. The molecule has 0 fully saturated rings. The van der Waals surface area contributed by atoms with E-state index in [0.29, 0.717) is 6.42 Å². The summed E-state index contributed by atoms with van der Waals surface area (Å²) < 4.78 is 0. The molecule has 21 heavy (non-hydrogen) atoms. The van der Waals surface area contributed by atoms with E-state index in [9.17, 15) is 9.59 Å². The smallest absolute Gasteiger partial charge is 0.231 e. The Kier molecular flexibility index (Phi) is 2.52. The molecule has 0 N–H and O–H groups in total. The number of hydrogen-bond donors (Lipinski definition) is 0. The second-order valence-corrected chi connectivity index (χ2v) is 5.79. The SMILES string of the molecule is CN1C(=O)Cc2cc(C(=O)C3Cc4ccccc43)ccc21. The van der Waals surface area contributed by atoms with Gasteiger partial charge in [-0.25, -0.2) is 0 Å². The Hall–Kier alpha value is -2.42. The average molecular weight is 277 g/mol. The van der Waals surface area contributed by atoms with Gasteiger partial charge in [-0.15, -0.1) is 0 Å². The molecule has 3 heteroatoms. The van der Waals surface area contributed by atoms with Gasteiger partial charge in [0, 0.05) is 18.3 Å². The van der Waals surface area contributed by atoms with Gasteiger partial charge in [-0.1, -0.05) is 24.3 Å². The lowest BCUT2D eigenvalue weighted by molar-refractivity contribution is -0.117. The van der Waals surface area contributed by atoms with E-state index >= 15 is 0 Å². The Labute approximate surface area is 123 Å². The van der Waals surface area contributed by atoms with Crippen molar-refractivity contribution in [2.24, 2.45) is 0 Å². The summed E-state index contributed by atoms with van der Waals surface area (Å²) >= 11 is 0. The minimum atomic E-state index is -0.0194. The van der Waals surface area contributed by atoms with Crippen molar-refractivity contribution in [2.75, 3.05) is 11.9 Å². The molecule has 0 aromatic heterocycles. The third-order valence-corrected chi connectivity index (χ3v) is 4.61. The maximum atomic E-state index is 12.7. The topological polar surface area (TPSA) is 37.4 Å². The van der Waals surface area contributed by atoms with Gasteiger partial charge in [0.05, 0.1) is 12.3 Å². The first-order chi connectivity index (χ1) is 10.1. The molecule has 1 heterocycles. The molecule has 0 saturated heterocycles. The molecule has 1 aliphatic heterocycles. The van der Waals surface area contributed by atoms with E-state index in [4.69, 9.17) is 0 Å². The van der Waals surface area contributed by atoms with Crippen LogP contribution in [0.2, 0.25) is 0 Å². The number of likely N-dealkylation sites (N-methyl/N-ethyl adjacent to an activating group) is 1. The lowest BCUT2D eigenvalue weighted by Gasteiger charge is -2.29. The number of amides is 1. The fourth-order valence-electron chi connectivity index (χ4n) is 3.32. The number of carbonyl (C=O) groups is 2. The Morgan fingerprint density at radius 2 is 1.95 bits per heavy atom. The standard InChI is InChI=1S/C18H15NO2/c1-19-16-7-6-12(8-13(16)10-17(19)20)18(21)15-9-11-4-2-3-5-14(11)15/h2-8,15H,9-10H2,1H3. The highest BCUT2D eigenvalue weighted by Gasteiger charge is 2.33. The van der Waals surface area contributed by atoms with Crippen molar-refractivity contribution in [2.45, 2.75) is 18.8 Å². The van der Waals surface area contributed by atoms with Crippen molar-refractivity contribution in [3.8, 4) is 0 Å². The highest BCUT2D eigenvalue weighted by atomic mass is 16.2. The Morgan fingerprint density at radius 1 is 1.14 bits per heavy atom. The molecule has 2 aliphatic rings. The van der Waals surface area contributed by atoms with Gasteiger partial charge in [0.1, 0.15) is 0 Å². The maximum Gasteiger partial charge on any atom is 0.231 e. The van der Waals surface area contributed by atoms with Gasteiger partial charge < -0.3 is 4.90 Å². The zero-order chi connectivity index (χ0) is 14.6. The van der Waals surface area contributed by atoms with Crippen LogP contribution in [-0.4, -0.2) is 18.7 Å². The number of hydrogen-bond acceptors (Lipinski definition) is 2. The van der Waals surface area contributed by atoms with Crippen LogP contribution in [0.1, 0.15) is 33.0 Å². The minimum Gasteiger partial charge on any atom is -0.315 e. The van der Waals surface area contributed by atoms with E-state index in [2.05, 4.69) is 6.07 Å². The number of nitrogens with zero attached hydrogens (tertiary/aromatic N) is 1. The van der Waals surface area contributed by atoms with Crippen LogP contribution in [0.4, 0.5) is 5.69 Å². The van der Waals surface area contributed by atoms with Crippen LogP contribution < -0.4 is 4.90 Å². The monoisotopic (exact) mass is 277 g/mol. The first kappa shape index (κ1) is 12.3. The fourth-order valence-corrected chi connectivity index (χ4v) is 3.32. The van der Waals surface area contributed by atoms with Crippen molar-refractivity contribution in [1.82, 2.24) is 0 Å². The van der Waals surface area contributed by atoms with Crippen molar-refractivity contribution in [3.63, 3.8) is 0 Å². The van der Waals surface area contributed by atoms with Crippen LogP contribution >= 0.6 is 0 Å². The quantitative estimate of drug-likeness (QED) is 0.791. The summed E-state index contributed by atoms with van der Waals surface area (Å²) in [6.45, 7) is 0. The predicted octanol–water partition coefficient (Wildman–Crippen LogP) is 2.73.